The molecule has 0 aliphatic carbocycles. The van der Waals surface area contributed by atoms with Gasteiger partial charge in [-0.15, -0.1) is 0 Å². The molecular formula is C10H7O3. The van der Waals surface area contributed by atoms with Gasteiger partial charge in [0.05, 0.1) is 0 Å². The van der Waals surface area contributed by atoms with Crippen LogP contribution in [0.4, 0.5) is 0 Å². The van der Waals surface area contributed by atoms with E-state index in [9.17, 15) is 9.59 Å². The summed E-state index contributed by atoms with van der Waals surface area (Å²) in [7, 11) is 0. The highest BCUT2D eigenvalue weighted by molar-refractivity contribution is 5.83. The zero-order valence-corrected chi connectivity index (χ0v) is 6.82. The molecule has 0 aromatic heterocycles. The van der Waals surface area contributed by atoms with E-state index in [0.29, 0.717) is 11.3 Å². The van der Waals surface area contributed by atoms with E-state index < -0.39 is 5.97 Å². The van der Waals surface area contributed by atoms with Gasteiger partial charge in [-0.2, -0.15) is 0 Å². The first-order chi connectivity index (χ1) is 6.26. The Labute approximate surface area is 75.6 Å². The average Bonchev–Trinajstić information content (AvgIpc) is 2.19. The quantitative estimate of drug-likeness (QED) is 0.394. The lowest BCUT2D eigenvalue weighted by Crippen LogP contribution is -2.02. The molecule has 1 aromatic carbocycles. The number of benzene rings is 1. The number of esters is 1. The van der Waals surface area contributed by atoms with Crippen LogP contribution >= 0.6 is 0 Å². The Morgan fingerprint density at radius 3 is 2.46 bits per heavy atom. The molecule has 0 saturated carbocycles. The molecule has 0 unspecified atom stereocenters. The lowest BCUT2D eigenvalue weighted by atomic mass is 10.2. The molecule has 0 heterocycles. The van der Waals surface area contributed by atoms with Crippen LogP contribution in [0.25, 0.3) is 0 Å². The van der Waals surface area contributed by atoms with Crippen molar-refractivity contribution in [2.45, 2.75) is 0 Å². The van der Waals surface area contributed by atoms with E-state index in [2.05, 4.69) is 6.58 Å². The van der Waals surface area contributed by atoms with Crippen LogP contribution in [-0.2, 0) is 9.59 Å². The Kier molecular flexibility index (Phi) is 2.97. The molecule has 0 atom stereocenters. The predicted octanol–water partition coefficient (Wildman–Crippen LogP) is 1.24. The van der Waals surface area contributed by atoms with Crippen LogP contribution in [0.2, 0.25) is 0 Å². The second-order valence-electron chi connectivity index (χ2n) is 2.25. The SMILES string of the molecule is C=CC(=O)Oc1ccc([C]=O)cc1. The van der Waals surface area contributed by atoms with Crippen LogP contribution < -0.4 is 4.74 Å². The monoisotopic (exact) mass is 175 g/mol. The van der Waals surface area contributed by atoms with E-state index in [4.69, 9.17) is 4.74 Å². The lowest BCUT2D eigenvalue weighted by Gasteiger charge is -1.99. The summed E-state index contributed by atoms with van der Waals surface area (Å²) in [5, 5.41) is 0. The molecule has 3 nitrogen and oxygen atoms in total. The van der Waals surface area contributed by atoms with Gasteiger partial charge in [0.25, 0.3) is 0 Å². The van der Waals surface area contributed by atoms with E-state index in [1.54, 1.807) is 6.29 Å². The third kappa shape index (κ3) is 2.56. The minimum absolute atomic E-state index is 0.379. The van der Waals surface area contributed by atoms with Gasteiger partial charge in [-0.05, 0) is 24.3 Å². The molecule has 0 bridgehead atoms. The van der Waals surface area contributed by atoms with Gasteiger partial charge in [-0.3, -0.25) is 4.79 Å². The molecule has 0 fully saturated rings. The summed E-state index contributed by atoms with van der Waals surface area (Å²) in [5.74, 6) is -0.147. The van der Waals surface area contributed by atoms with E-state index >= 15 is 0 Å². The second-order valence-corrected chi connectivity index (χ2v) is 2.25. The van der Waals surface area contributed by atoms with Crippen LogP contribution in [-0.4, -0.2) is 12.3 Å². The highest BCUT2D eigenvalue weighted by atomic mass is 16.5. The fourth-order valence-corrected chi connectivity index (χ4v) is 0.749. The number of rotatable bonds is 3. The Balaban J connectivity index is 2.74. The summed E-state index contributed by atoms with van der Waals surface area (Å²) in [4.78, 5) is 20.9. The zero-order chi connectivity index (χ0) is 9.68. The van der Waals surface area contributed by atoms with Gasteiger partial charge in [0.2, 0.25) is 6.29 Å². The van der Waals surface area contributed by atoms with E-state index in [1.165, 1.54) is 24.3 Å². The molecule has 1 aromatic rings. The summed E-state index contributed by atoms with van der Waals surface area (Å²) < 4.78 is 4.78. The molecule has 0 N–H and O–H groups in total. The first-order valence-electron chi connectivity index (χ1n) is 3.58. The van der Waals surface area contributed by atoms with Gasteiger partial charge in [-0.25, -0.2) is 4.79 Å². The third-order valence-corrected chi connectivity index (χ3v) is 1.36. The third-order valence-electron chi connectivity index (χ3n) is 1.36. The molecule has 1 rings (SSSR count). The molecular weight excluding hydrogens is 168 g/mol. The Morgan fingerprint density at radius 1 is 1.38 bits per heavy atom. The van der Waals surface area contributed by atoms with Crippen molar-refractivity contribution in [3.05, 3.63) is 42.5 Å². The van der Waals surface area contributed by atoms with Crippen molar-refractivity contribution < 1.29 is 14.3 Å². The van der Waals surface area contributed by atoms with Crippen LogP contribution in [0.15, 0.2) is 36.9 Å². The zero-order valence-electron chi connectivity index (χ0n) is 6.82. The van der Waals surface area contributed by atoms with Crippen LogP contribution in [0.3, 0.4) is 0 Å². The number of carbonyl (C=O) groups is 1. The second kappa shape index (κ2) is 4.21. The van der Waals surface area contributed by atoms with Crippen molar-refractivity contribution in [1.82, 2.24) is 0 Å². The maximum Gasteiger partial charge on any atom is 0.335 e. The lowest BCUT2D eigenvalue weighted by molar-refractivity contribution is -0.128. The topological polar surface area (TPSA) is 43.4 Å². The van der Waals surface area contributed by atoms with E-state index in [1.807, 2.05) is 0 Å². The molecule has 3 heteroatoms. The minimum atomic E-state index is -0.525. The first kappa shape index (κ1) is 9.19. The van der Waals surface area contributed by atoms with Gasteiger partial charge in [0.1, 0.15) is 5.75 Å². The van der Waals surface area contributed by atoms with Crippen molar-refractivity contribution in [2.75, 3.05) is 0 Å². The fourth-order valence-electron chi connectivity index (χ4n) is 0.749. The number of ether oxygens (including phenoxy) is 1. The van der Waals surface area contributed by atoms with E-state index in [-0.39, 0.29) is 0 Å². The average molecular weight is 175 g/mol. The predicted molar refractivity (Wildman–Crippen MR) is 47.1 cm³/mol. The first-order valence-corrected chi connectivity index (χ1v) is 3.58. The highest BCUT2D eigenvalue weighted by Gasteiger charge is 1.98. The van der Waals surface area contributed by atoms with Crippen LogP contribution in [0, 0.1) is 0 Å². The van der Waals surface area contributed by atoms with Crippen molar-refractivity contribution >= 4 is 12.3 Å². The summed E-state index contributed by atoms with van der Waals surface area (Å²) >= 11 is 0. The van der Waals surface area contributed by atoms with Gasteiger partial charge in [0, 0.05) is 11.6 Å². The molecule has 13 heavy (non-hydrogen) atoms. The Bertz CT molecular complexity index is 325. The maximum atomic E-state index is 10.7. The Morgan fingerprint density at radius 2 is 2.00 bits per heavy atom. The molecule has 0 aliphatic rings. The molecule has 65 valence electrons. The Hall–Kier alpha value is -1.90. The van der Waals surface area contributed by atoms with Crippen molar-refractivity contribution in [1.29, 1.82) is 0 Å². The largest absolute Gasteiger partial charge is 0.423 e. The summed E-state index contributed by atoms with van der Waals surface area (Å²) in [6, 6.07) is 6.06. The van der Waals surface area contributed by atoms with Crippen LogP contribution in [0.1, 0.15) is 5.56 Å². The smallest absolute Gasteiger partial charge is 0.335 e. The minimum Gasteiger partial charge on any atom is -0.423 e. The summed E-state index contributed by atoms with van der Waals surface area (Å²) in [6.45, 7) is 3.25. The van der Waals surface area contributed by atoms with Gasteiger partial charge in [0.15, 0.2) is 0 Å². The summed E-state index contributed by atoms with van der Waals surface area (Å²) in [5.41, 5.74) is 0.415. The fraction of sp³-hybridized carbons (Fsp3) is 0. The van der Waals surface area contributed by atoms with Gasteiger partial charge < -0.3 is 4.74 Å². The molecule has 0 aliphatic heterocycles. The number of hydrogen-bond donors (Lipinski definition) is 0. The van der Waals surface area contributed by atoms with Crippen LogP contribution in [0.5, 0.6) is 5.75 Å². The highest BCUT2D eigenvalue weighted by Crippen LogP contribution is 2.10. The standard InChI is InChI=1S/C10H7O3/c1-2-10(12)13-9-5-3-8(7-11)4-6-9/h2-6H,1H2. The molecule has 0 saturated heterocycles. The number of carbonyl (C=O) groups excluding carboxylic acids is 2. The van der Waals surface area contributed by atoms with Crippen molar-refractivity contribution in [3.8, 4) is 5.75 Å². The van der Waals surface area contributed by atoms with Crippen molar-refractivity contribution in [2.24, 2.45) is 0 Å². The molecule has 0 spiro atoms. The van der Waals surface area contributed by atoms with Crippen molar-refractivity contribution in [3.63, 3.8) is 0 Å². The molecule has 0 amide bonds. The summed E-state index contributed by atoms with van der Waals surface area (Å²) in [6.07, 6.45) is 2.78. The maximum absolute atomic E-state index is 10.7. The number of hydrogen-bond acceptors (Lipinski definition) is 3. The normalized spacial score (nSPS) is 8.92. The van der Waals surface area contributed by atoms with Gasteiger partial charge >= 0.3 is 5.97 Å². The van der Waals surface area contributed by atoms with E-state index in [0.717, 1.165) is 6.08 Å². The van der Waals surface area contributed by atoms with Gasteiger partial charge in [-0.1, -0.05) is 6.58 Å². The molecule has 1 radical (unpaired) electrons.